The summed E-state index contributed by atoms with van der Waals surface area (Å²) < 4.78 is 0. The molecule has 0 N–H and O–H groups in total. The summed E-state index contributed by atoms with van der Waals surface area (Å²) in [5.41, 5.74) is 3.55. The molecule has 0 aliphatic heterocycles. The van der Waals surface area contributed by atoms with Crippen LogP contribution in [0.2, 0.25) is 0 Å². The maximum Gasteiger partial charge on any atom is 0.101 e. The van der Waals surface area contributed by atoms with Crippen molar-refractivity contribution in [1.82, 2.24) is 9.97 Å². The van der Waals surface area contributed by atoms with Crippen molar-refractivity contribution in [2.45, 2.75) is 26.2 Å². The van der Waals surface area contributed by atoms with E-state index in [9.17, 15) is 0 Å². The van der Waals surface area contributed by atoms with Crippen LogP contribution < -0.4 is 0 Å². The van der Waals surface area contributed by atoms with Crippen LogP contribution in [0.1, 0.15) is 35.5 Å². The van der Waals surface area contributed by atoms with Gasteiger partial charge in [-0.05, 0) is 37.6 Å². The Hall–Kier alpha value is -2.21. The van der Waals surface area contributed by atoms with Gasteiger partial charge in [-0.3, -0.25) is 9.97 Å². The SMILES string of the molecule is Cc1cccc(CC(C)c2ncccc2C#N)n1. The van der Waals surface area contributed by atoms with Gasteiger partial charge in [0.25, 0.3) is 0 Å². The summed E-state index contributed by atoms with van der Waals surface area (Å²) in [5, 5.41) is 9.07. The highest BCUT2D eigenvalue weighted by Gasteiger charge is 2.13. The fourth-order valence-electron chi connectivity index (χ4n) is 2.03. The van der Waals surface area contributed by atoms with Gasteiger partial charge in [-0.1, -0.05) is 13.0 Å². The van der Waals surface area contributed by atoms with Crippen LogP contribution in [0.3, 0.4) is 0 Å². The van der Waals surface area contributed by atoms with Crippen molar-refractivity contribution < 1.29 is 0 Å². The molecule has 0 aliphatic rings. The minimum Gasteiger partial charge on any atom is -0.260 e. The molecule has 0 amide bonds. The highest BCUT2D eigenvalue weighted by molar-refractivity contribution is 5.35. The molecule has 0 spiro atoms. The van der Waals surface area contributed by atoms with Crippen molar-refractivity contribution >= 4 is 0 Å². The van der Waals surface area contributed by atoms with Gasteiger partial charge in [0.05, 0.1) is 11.3 Å². The van der Waals surface area contributed by atoms with Gasteiger partial charge in [-0.15, -0.1) is 0 Å². The molecule has 2 aromatic rings. The molecule has 3 nitrogen and oxygen atoms in total. The summed E-state index contributed by atoms with van der Waals surface area (Å²) in [6, 6.07) is 11.8. The summed E-state index contributed by atoms with van der Waals surface area (Å²) in [4.78, 5) is 8.80. The summed E-state index contributed by atoms with van der Waals surface area (Å²) in [5.74, 6) is 0.190. The molecular formula is C15H15N3. The lowest BCUT2D eigenvalue weighted by Gasteiger charge is -2.12. The van der Waals surface area contributed by atoms with Crippen LogP contribution in [0, 0.1) is 18.3 Å². The number of pyridine rings is 2. The Morgan fingerprint density at radius 2 is 2.11 bits per heavy atom. The highest BCUT2D eigenvalue weighted by atomic mass is 14.7. The van der Waals surface area contributed by atoms with Gasteiger partial charge in [0.1, 0.15) is 6.07 Å². The van der Waals surface area contributed by atoms with Gasteiger partial charge in [-0.25, -0.2) is 0 Å². The minimum absolute atomic E-state index is 0.190. The van der Waals surface area contributed by atoms with E-state index in [2.05, 4.69) is 23.0 Å². The van der Waals surface area contributed by atoms with E-state index >= 15 is 0 Å². The molecule has 2 rings (SSSR count). The van der Waals surface area contributed by atoms with E-state index < -0.39 is 0 Å². The molecule has 0 fully saturated rings. The molecule has 1 atom stereocenters. The molecule has 0 bridgehead atoms. The van der Waals surface area contributed by atoms with Crippen LogP contribution in [0.25, 0.3) is 0 Å². The molecule has 90 valence electrons. The Labute approximate surface area is 107 Å². The third-order valence-corrected chi connectivity index (χ3v) is 2.89. The number of aromatic nitrogens is 2. The van der Waals surface area contributed by atoms with Crippen molar-refractivity contribution in [2.75, 3.05) is 0 Å². The van der Waals surface area contributed by atoms with Crippen molar-refractivity contribution in [1.29, 1.82) is 5.26 Å². The summed E-state index contributed by atoms with van der Waals surface area (Å²) in [7, 11) is 0. The second kappa shape index (κ2) is 5.42. The predicted octanol–water partition coefficient (Wildman–Crippen LogP) is 3.00. The normalized spacial score (nSPS) is 11.8. The molecule has 0 saturated heterocycles. The fraction of sp³-hybridized carbons (Fsp3) is 0.267. The van der Waals surface area contributed by atoms with Gasteiger partial charge in [0, 0.05) is 23.5 Å². The zero-order chi connectivity index (χ0) is 13.0. The van der Waals surface area contributed by atoms with Crippen LogP contribution >= 0.6 is 0 Å². The van der Waals surface area contributed by atoms with E-state index in [0.717, 1.165) is 23.5 Å². The Bertz CT molecular complexity index is 584. The molecule has 0 aliphatic carbocycles. The maximum atomic E-state index is 9.07. The molecule has 3 heteroatoms. The number of rotatable bonds is 3. The van der Waals surface area contributed by atoms with Gasteiger partial charge in [0.2, 0.25) is 0 Å². The highest BCUT2D eigenvalue weighted by Crippen LogP contribution is 2.20. The van der Waals surface area contributed by atoms with Crippen LogP contribution in [0.5, 0.6) is 0 Å². The Balaban J connectivity index is 2.22. The molecule has 1 unspecified atom stereocenters. The first-order valence-electron chi connectivity index (χ1n) is 5.98. The van der Waals surface area contributed by atoms with E-state index in [-0.39, 0.29) is 5.92 Å². The van der Waals surface area contributed by atoms with Gasteiger partial charge < -0.3 is 0 Å². The number of nitrogens with zero attached hydrogens (tertiary/aromatic N) is 3. The molecule has 0 saturated carbocycles. The second-order valence-electron chi connectivity index (χ2n) is 4.42. The lowest BCUT2D eigenvalue weighted by Crippen LogP contribution is -2.05. The third-order valence-electron chi connectivity index (χ3n) is 2.89. The molecule has 0 aromatic carbocycles. The number of nitriles is 1. The van der Waals surface area contributed by atoms with Crippen LogP contribution in [-0.2, 0) is 6.42 Å². The Morgan fingerprint density at radius 1 is 1.28 bits per heavy atom. The van der Waals surface area contributed by atoms with Crippen LogP contribution in [0.15, 0.2) is 36.5 Å². The minimum atomic E-state index is 0.190. The average molecular weight is 237 g/mol. The quantitative estimate of drug-likeness (QED) is 0.824. The molecular weight excluding hydrogens is 222 g/mol. The Kier molecular flexibility index (Phi) is 3.69. The first-order chi connectivity index (χ1) is 8.70. The lowest BCUT2D eigenvalue weighted by atomic mass is 9.97. The lowest BCUT2D eigenvalue weighted by molar-refractivity contribution is 0.711. The summed E-state index contributed by atoms with van der Waals surface area (Å²) in [6.45, 7) is 4.06. The first-order valence-corrected chi connectivity index (χ1v) is 5.98. The van der Waals surface area contributed by atoms with Crippen LogP contribution in [0.4, 0.5) is 0 Å². The molecule has 2 aromatic heterocycles. The van der Waals surface area contributed by atoms with Gasteiger partial charge in [-0.2, -0.15) is 5.26 Å². The summed E-state index contributed by atoms with van der Waals surface area (Å²) in [6.07, 6.45) is 2.53. The number of hydrogen-bond donors (Lipinski definition) is 0. The maximum absolute atomic E-state index is 9.07. The molecule has 18 heavy (non-hydrogen) atoms. The molecule has 2 heterocycles. The number of aryl methyl sites for hydroxylation is 1. The van der Waals surface area contributed by atoms with Crippen molar-refractivity contribution in [3.63, 3.8) is 0 Å². The Morgan fingerprint density at radius 3 is 2.83 bits per heavy atom. The summed E-state index contributed by atoms with van der Waals surface area (Å²) >= 11 is 0. The van der Waals surface area contributed by atoms with Crippen molar-refractivity contribution in [3.8, 4) is 6.07 Å². The fourth-order valence-corrected chi connectivity index (χ4v) is 2.03. The number of hydrogen-bond acceptors (Lipinski definition) is 3. The first kappa shape index (κ1) is 12.3. The van der Waals surface area contributed by atoms with Gasteiger partial charge >= 0.3 is 0 Å². The smallest absolute Gasteiger partial charge is 0.101 e. The largest absolute Gasteiger partial charge is 0.260 e. The topological polar surface area (TPSA) is 49.6 Å². The molecule has 0 radical (unpaired) electrons. The van der Waals surface area contributed by atoms with E-state index in [1.54, 1.807) is 12.3 Å². The zero-order valence-electron chi connectivity index (χ0n) is 10.6. The third kappa shape index (κ3) is 2.72. The van der Waals surface area contributed by atoms with Crippen LogP contribution in [-0.4, -0.2) is 9.97 Å². The zero-order valence-corrected chi connectivity index (χ0v) is 10.6. The van der Waals surface area contributed by atoms with Crippen molar-refractivity contribution in [3.05, 3.63) is 59.2 Å². The standard InChI is InChI=1S/C15H15N3/c1-11(9-14-7-3-5-12(2)18-14)15-13(10-16)6-4-8-17-15/h3-8,11H,9H2,1-2H3. The average Bonchev–Trinajstić information content (AvgIpc) is 2.38. The van der Waals surface area contributed by atoms with Gasteiger partial charge in [0.15, 0.2) is 0 Å². The van der Waals surface area contributed by atoms with E-state index in [0.29, 0.717) is 5.56 Å². The van der Waals surface area contributed by atoms with E-state index in [1.165, 1.54) is 0 Å². The van der Waals surface area contributed by atoms with E-state index in [1.807, 2.05) is 31.2 Å². The van der Waals surface area contributed by atoms with Crippen molar-refractivity contribution in [2.24, 2.45) is 0 Å². The second-order valence-corrected chi connectivity index (χ2v) is 4.42. The predicted molar refractivity (Wildman–Crippen MR) is 70.0 cm³/mol. The monoisotopic (exact) mass is 237 g/mol. The van der Waals surface area contributed by atoms with E-state index in [4.69, 9.17) is 5.26 Å².